The highest BCUT2D eigenvalue weighted by atomic mass is 16.4. The number of aliphatic hydroxyl groups is 1. The minimum Gasteiger partial charge on any atom is -0.508 e. The lowest BCUT2D eigenvalue weighted by Gasteiger charge is -2.36. The monoisotopic (exact) mass is 1870 g/mol. The number of carboxylic acids is 1. The number of aliphatic hydroxyl groups excluding tert-OH is 1. The summed E-state index contributed by atoms with van der Waals surface area (Å²) < 4.78 is 1.45. The van der Waals surface area contributed by atoms with Crippen molar-refractivity contribution in [2.45, 2.75) is 268 Å². The van der Waals surface area contributed by atoms with Gasteiger partial charge in [-0.15, -0.1) is 0 Å². The second-order valence-corrected chi connectivity index (χ2v) is 36.0. The zero-order valence-corrected chi connectivity index (χ0v) is 78.0. The quantitative estimate of drug-likeness (QED) is 0.0325. The number of carboxylic acid groups (broad SMARTS) is 1. The van der Waals surface area contributed by atoms with Crippen molar-refractivity contribution in [1.29, 1.82) is 0 Å². The fourth-order valence-electron chi connectivity index (χ4n) is 17.4. The highest BCUT2D eigenvalue weighted by molar-refractivity contribution is 6.02. The Morgan fingerprint density at radius 3 is 1.76 bits per heavy atom. The molecule has 41 nitrogen and oxygen atoms in total. The van der Waals surface area contributed by atoms with Crippen molar-refractivity contribution in [3.63, 3.8) is 0 Å². The van der Waals surface area contributed by atoms with Gasteiger partial charge in [0, 0.05) is 113 Å². The number of likely N-dealkylation sites (N-methyl/N-ethyl adjacent to an activating group) is 3. The first kappa shape index (κ1) is 106. The number of aliphatic carboxylic acids is 1. The van der Waals surface area contributed by atoms with Gasteiger partial charge in [-0.1, -0.05) is 116 Å². The van der Waals surface area contributed by atoms with Gasteiger partial charge in [-0.3, -0.25) is 86.3 Å². The summed E-state index contributed by atoms with van der Waals surface area (Å²) in [5.41, 5.74) is 26.1. The molecule has 3 aromatic carbocycles. The van der Waals surface area contributed by atoms with Gasteiger partial charge < -0.3 is 120 Å². The average molecular weight is 1870 g/mol. The van der Waals surface area contributed by atoms with Gasteiger partial charge in [-0.2, -0.15) is 0 Å². The molecule has 134 heavy (non-hydrogen) atoms. The SMILES string of the molecule is CCCC[C@H]1C(=O)N(C)[C@@H](CCCC)C(=O)N[C@@H](CC(C)C)C(=O)N[C@H](C(=O)NCC(N)=O)CCCC(=O)N[C@@H](Cc2ccc(O)cc2)C(=O)N(C)[C@@H](C)C(=O)N[C@@H](CC(N)=O)C(=O)N2CCC[C@H]2C(=O)N[C@@H](CN)C(=O)N[C@@H](CC(C)C)C(=O)N2C[C@H](O)C[C@H]2C(=O)C[C@@H](Cc2c[nH]c3ccccc23)C(=O)N[C@@H](CCN)C(=O)N[C@@H](Cc2cn(CC(=O)O)c3ccccc23)C(=O)N1C. The van der Waals surface area contributed by atoms with E-state index in [1.807, 2.05) is 13.8 Å². The first-order valence-corrected chi connectivity index (χ1v) is 46.0. The number of ketones is 1. The number of aromatic hydroxyl groups is 1. The first-order valence-electron chi connectivity index (χ1n) is 46.0. The predicted molar refractivity (Wildman–Crippen MR) is 492 cm³/mol. The summed E-state index contributed by atoms with van der Waals surface area (Å²) in [4.78, 5) is 271. The molecule has 0 spiro atoms. The molecule has 0 radical (unpaired) electrons. The number of carbonyl (C=O) groups excluding carboxylic acids is 17. The molecular formula is C93H134N20O21. The number of phenolic OH excluding ortho intramolecular Hbond substituents is 1. The third-order valence-corrected chi connectivity index (χ3v) is 24.8. The van der Waals surface area contributed by atoms with E-state index in [1.54, 1.807) is 82.4 Å². The van der Waals surface area contributed by atoms with Gasteiger partial charge in [0.1, 0.15) is 84.8 Å². The number of rotatable bonds is 26. The number of aromatic nitrogens is 2. The molecule has 3 aliphatic rings. The number of carbonyl (C=O) groups is 18. The summed E-state index contributed by atoms with van der Waals surface area (Å²) >= 11 is 0. The van der Waals surface area contributed by atoms with Gasteiger partial charge in [0.15, 0.2) is 5.78 Å². The molecule has 3 saturated heterocycles. The van der Waals surface area contributed by atoms with Crippen LogP contribution in [0.2, 0.25) is 0 Å². The van der Waals surface area contributed by atoms with E-state index in [2.05, 4.69) is 52.8 Å². The normalized spacial score (nSPS) is 25.0. The maximum absolute atomic E-state index is 16.0. The predicted octanol–water partition coefficient (Wildman–Crippen LogP) is -0.711. The van der Waals surface area contributed by atoms with Crippen LogP contribution in [0.15, 0.2) is 85.2 Å². The largest absolute Gasteiger partial charge is 0.508 e. The Labute approximate surface area is 778 Å². The summed E-state index contributed by atoms with van der Waals surface area (Å²) in [6.07, 6.45) is -0.231. The molecule has 732 valence electrons. The number of benzene rings is 3. The van der Waals surface area contributed by atoms with Gasteiger partial charge in [0.05, 0.1) is 25.1 Å². The van der Waals surface area contributed by atoms with E-state index in [9.17, 15) is 68.1 Å². The van der Waals surface area contributed by atoms with Crippen LogP contribution in [0.5, 0.6) is 5.75 Å². The van der Waals surface area contributed by atoms with E-state index in [0.717, 1.165) is 19.6 Å². The number of unbranched alkanes of at least 4 members (excludes halogenated alkanes) is 2. The number of nitrogens with zero attached hydrogens (tertiary/aromatic N) is 6. The molecule has 0 saturated carbocycles. The minimum absolute atomic E-state index is 0.00926. The van der Waals surface area contributed by atoms with Gasteiger partial charge in [-0.05, 0) is 130 Å². The van der Waals surface area contributed by atoms with E-state index < -0.39 is 242 Å². The molecule has 0 unspecified atom stereocenters. The molecular weight excluding hydrogens is 1730 g/mol. The van der Waals surface area contributed by atoms with Crippen LogP contribution in [0.1, 0.15) is 174 Å². The van der Waals surface area contributed by atoms with Gasteiger partial charge in [0.25, 0.3) is 0 Å². The van der Waals surface area contributed by atoms with Crippen LogP contribution in [-0.4, -0.2) is 294 Å². The molecule has 16 amide bonds. The third-order valence-electron chi connectivity index (χ3n) is 24.8. The molecule has 3 aliphatic heterocycles. The Morgan fingerprint density at radius 2 is 1.12 bits per heavy atom. The van der Waals surface area contributed by atoms with Crippen LogP contribution in [0.4, 0.5) is 0 Å². The van der Waals surface area contributed by atoms with Crippen molar-refractivity contribution in [1.82, 2.24) is 81.9 Å². The molecule has 8 rings (SSSR count). The smallest absolute Gasteiger partial charge is 0.323 e. The van der Waals surface area contributed by atoms with Gasteiger partial charge in [0.2, 0.25) is 94.5 Å². The Kier molecular flexibility index (Phi) is 39.9. The lowest BCUT2D eigenvalue weighted by molar-refractivity contribution is -0.149. The number of H-pyrrole nitrogens is 1. The van der Waals surface area contributed by atoms with Crippen molar-refractivity contribution >= 4 is 128 Å². The molecule has 41 heteroatoms. The fraction of sp³-hybridized carbons (Fsp3) is 0.570. The zero-order valence-electron chi connectivity index (χ0n) is 78.0. The summed E-state index contributed by atoms with van der Waals surface area (Å²) in [6, 6.07) is -0.0586. The van der Waals surface area contributed by atoms with Gasteiger partial charge >= 0.3 is 5.97 Å². The maximum atomic E-state index is 16.0. The van der Waals surface area contributed by atoms with Crippen molar-refractivity contribution in [2.24, 2.45) is 40.7 Å². The van der Waals surface area contributed by atoms with Crippen LogP contribution in [-0.2, 0) is 112 Å². The van der Waals surface area contributed by atoms with Gasteiger partial charge in [-0.25, -0.2) is 0 Å². The Balaban J connectivity index is 1.21. The number of nitrogens with two attached hydrogens (primary N) is 4. The molecule has 5 heterocycles. The Morgan fingerprint density at radius 1 is 0.545 bits per heavy atom. The van der Waals surface area contributed by atoms with Crippen molar-refractivity contribution in [3.05, 3.63) is 102 Å². The zero-order chi connectivity index (χ0) is 98.6. The van der Waals surface area contributed by atoms with Crippen LogP contribution < -0.4 is 70.8 Å². The van der Waals surface area contributed by atoms with Crippen molar-refractivity contribution < 1.29 is 102 Å². The standard InChI is InChI=1S/C93H134N20O21/c1-11-13-25-72-87(128)103-65(37-51(3)4)85(126)102-63(83(124)99-47-78(97)118)24-19-29-79(119)100-67(39-54-30-32-58(114)33-31-54)89(130)108(8)53(7)81(122)104-69(44-77(96)117)91(132)112-36-20-28-73(112)88(129)107-70(45-95)86(127)105-66(38-52(5)6)92(133)113-49-59(115)43-75(113)76(116)42-55(40-56-46-98-62-23-17-15-21-60(56)62)82(123)101-64(34-35-94)84(125)106-68(90(131)110(10)74(26-14-12-2)93(134)109(72)9)41-57-48-111(50-80(120)121)71-27-18-16-22-61(57)71/h15-18,21-23,27,30-33,46,48,51-53,55,59,63-70,72-75,98,114-115H,11-14,19-20,24-26,28-29,34-45,47,49-50,94-95H2,1-10H3,(H2,96,117)(H2,97,118)(H,99,124)(H,100,119)(H,101,123)(H,102,126)(H,103,128)(H,104,122)(H,105,127)(H,106,125)(H,107,129)(H,120,121)/t53-,55+,59+,63-,64-,65-,66-,67-,68-,69-,70-,72-,73-,74-,75-/m0/s1. The number of nitrogens with one attached hydrogen (secondary N) is 10. The van der Waals surface area contributed by atoms with Crippen molar-refractivity contribution in [3.8, 4) is 5.75 Å². The molecule has 0 aliphatic carbocycles. The summed E-state index contributed by atoms with van der Waals surface area (Å²) in [6.45, 7) is 9.42. The molecule has 2 aromatic heterocycles. The molecule has 3 fully saturated rings. The number of aromatic amines is 1. The minimum atomic E-state index is -1.76. The summed E-state index contributed by atoms with van der Waals surface area (Å²) in [5, 5.41) is 56.9. The van der Waals surface area contributed by atoms with E-state index in [1.165, 1.54) is 68.0 Å². The Hall–Kier alpha value is -12.9. The molecule has 5 aromatic rings. The number of hydrogen-bond donors (Lipinski definition) is 17. The highest BCUT2D eigenvalue weighted by Gasteiger charge is 2.47. The van der Waals surface area contributed by atoms with Crippen LogP contribution >= 0.6 is 0 Å². The summed E-state index contributed by atoms with van der Waals surface area (Å²) in [7, 11) is 3.94. The van der Waals surface area contributed by atoms with Crippen molar-refractivity contribution in [2.75, 3.05) is 53.9 Å². The topological polar surface area (TPSA) is 617 Å². The number of phenols is 1. The van der Waals surface area contributed by atoms with E-state index in [4.69, 9.17) is 22.9 Å². The highest BCUT2D eigenvalue weighted by Crippen LogP contribution is 2.31. The number of amides is 16. The second kappa shape index (κ2) is 50.2. The van der Waals surface area contributed by atoms with E-state index in [0.29, 0.717) is 64.2 Å². The average Bonchev–Trinajstić information content (AvgIpc) is 1.64. The number of para-hydroxylation sites is 2. The second-order valence-electron chi connectivity index (χ2n) is 36.0. The van der Waals surface area contributed by atoms with E-state index >= 15 is 33.6 Å². The number of hydrogen-bond acceptors (Lipinski definition) is 22. The number of Topliss-reactive ketones (excluding diaryl/α,β-unsaturated/α-hetero) is 1. The Bertz CT molecular complexity index is 5040. The lowest BCUT2D eigenvalue weighted by atomic mass is 9.90. The fourth-order valence-corrected chi connectivity index (χ4v) is 17.4. The van der Waals surface area contributed by atoms with Crippen LogP contribution in [0, 0.1) is 17.8 Å². The van der Waals surface area contributed by atoms with Crippen LogP contribution in [0.3, 0.4) is 0 Å². The maximum Gasteiger partial charge on any atom is 0.323 e. The third kappa shape index (κ3) is 29.3. The lowest BCUT2D eigenvalue weighted by Crippen LogP contribution is -2.61. The first-order chi connectivity index (χ1) is 63.6. The molecule has 21 N–H and O–H groups in total. The molecule has 15 atom stereocenters. The number of primary amides is 2. The van der Waals surface area contributed by atoms with E-state index in [-0.39, 0.29) is 114 Å². The molecule has 0 bridgehead atoms. The number of fused-ring (bicyclic) bond motifs is 4. The summed E-state index contributed by atoms with van der Waals surface area (Å²) in [5.74, 6) is -18.6. The van der Waals surface area contributed by atoms with Crippen LogP contribution in [0.25, 0.3) is 21.8 Å².